The minimum atomic E-state index is 0.0361. The second kappa shape index (κ2) is 7.54. The first-order valence-corrected chi connectivity index (χ1v) is 11.0. The molecule has 2 unspecified atom stereocenters. The molecule has 0 aliphatic carbocycles. The van der Waals surface area contributed by atoms with Crippen molar-refractivity contribution >= 4 is 11.4 Å². The van der Waals surface area contributed by atoms with Gasteiger partial charge >= 0.3 is 0 Å². The van der Waals surface area contributed by atoms with E-state index in [1.165, 1.54) is 41.9 Å². The molecule has 0 aromatic heterocycles. The van der Waals surface area contributed by atoms with Gasteiger partial charge in [-0.3, -0.25) is 0 Å². The fourth-order valence-corrected chi connectivity index (χ4v) is 5.40. The monoisotopic (exact) mass is 379 g/mol. The molecule has 0 radical (unpaired) electrons. The first kappa shape index (κ1) is 20.9. The normalized spacial score (nSPS) is 27.3. The Kier molecular flexibility index (Phi) is 5.62. The molecule has 28 heavy (non-hydrogen) atoms. The van der Waals surface area contributed by atoms with Gasteiger partial charge in [0.2, 0.25) is 0 Å². The molecule has 1 aromatic rings. The van der Waals surface area contributed by atoms with Crippen LogP contribution in [0.1, 0.15) is 66.4 Å². The topological polar surface area (TPSA) is 6.25 Å². The van der Waals surface area contributed by atoms with Crippen LogP contribution in [-0.2, 0) is 5.41 Å². The molecule has 2 heterocycles. The van der Waals surface area contributed by atoms with Crippen LogP contribution < -0.4 is 4.90 Å². The molecule has 0 fully saturated rings. The number of allylic oxidation sites excluding steroid dienone is 4. The van der Waals surface area contributed by atoms with Crippen molar-refractivity contribution in [3.8, 4) is 0 Å². The van der Waals surface area contributed by atoms with Gasteiger partial charge in [-0.05, 0) is 38.0 Å². The Bertz CT molecular complexity index is 823. The van der Waals surface area contributed by atoms with Gasteiger partial charge in [0.05, 0.1) is 5.41 Å². The maximum Gasteiger partial charge on any atom is 0.182 e. The fourth-order valence-electron chi connectivity index (χ4n) is 5.40. The Morgan fingerprint density at radius 3 is 2.46 bits per heavy atom. The molecular formula is C26H39N2+. The number of benzene rings is 1. The molecule has 2 heteroatoms. The molecular weight excluding hydrogens is 340 g/mol. The summed E-state index contributed by atoms with van der Waals surface area (Å²) in [5, 5.41) is 0. The predicted molar refractivity (Wildman–Crippen MR) is 123 cm³/mol. The van der Waals surface area contributed by atoms with Gasteiger partial charge in [-0.2, -0.15) is 0 Å². The lowest BCUT2D eigenvalue weighted by molar-refractivity contribution is -0.536. The van der Waals surface area contributed by atoms with E-state index in [1.807, 2.05) is 0 Å². The number of hydrogen-bond donors (Lipinski definition) is 0. The molecule has 3 rings (SSSR count). The summed E-state index contributed by atoms with van der Waals surface area (Å²) in [4.78, 5) is 2.35. The van der Waals surface area contributed by atoms with Crippen molar-refractivity contribution in [2.45, 2.75) is 72.3 Å². The maximum absolute atomic E-state index is 2.55. The van der Waals surface area contributed by atoms with Crippen molar-refractivity contribution in [3.63, 3.8) is 0 Å². The number of nitrogens with zero attached hydrogens (tertiary/aromatic N) is 2. The van der Waals surface area contributed by atoms with Crippen LogP contribution in [0.2, 0.25) is 0 Å². The van der Waals surface area contributed by atoms with Crippen LogP contribution in [0, 0.1) is 11.3 Å². The molecule has 0 amide bonds. The zero-order valence-corrected chi connectivity index (χ0v) is 19.2. The first-order chi connectivity index (χ1) is 13.1. The third-order valence-corrected chi connectivity index (χ3v) is 7.56. The summed E-state index contributed by atoms with van der Waals surface area (Å²) in [6, 6.07) is 9.42. The highest BCUT2D eigenvalue weighted by Gasteiger charge is 2.49. The molecule has 0 N–H and O–H groups in total. The van der Waals surface area contributed by atoms with Crippen molar-refractivity contribution in [1.29, 1.82) is 0 Å². The Hall–Kier alpha value is -1.83. The highest BCUT2D eigenvalue weighted by Crippen LogP contribution is 2.46. The van der Waals surface area contributed by atoms with E-state index < -0.39 is 0 Å². The predicted octanol–water partition coefficient (Wildman–Crippen LogP) is 6.17. The van der Waals surface area contributed by atoms with E-state index in [0.717, 1.165) is 0 Å². The second-order valence-corrected chi connectivity index (χ2v) is 9.83. The zero-order chi connectivity index (χ0) is 20.7. The van der Waals surface area contributed by atoms with Crippen molar-refractivity contribution in [3.05, 3.63) is 53.8 Å². The zero-order valence-electron chi connectivity index (χ0n) is 19.2. The van der Waals surface area contributed by atoms with Crippen molar-refractivity contribution < 1.29 is 4.58 Å². The van der Waals surface area contributed by atoms with Gasteiger partial charge in [-0.1, -0.05) is 58.4 Å². The average Bonchev–Trinajstić information content (AvgIpc) is 2.94. The van der Waals surface area contributed by atoms with Crippen LogP contribution >= 0.6 is 0 Å². The molecule has 1 aromatic carbocycles. The SMILES string of the molecule is CCCCC1C(C)C(C)(C)C(/C=C/C=C2/N(C)c3ccccc3C2(C)C)=[N+]1C. The van der Waals surface area contributed by atoms with Gasteiger partial charge in [-0.15, -0.1) is 0 Å². The highest BCUT2D eigenvalue weighted by molar-refractivity contribution is 5.96. The van der Waals surface area contributed by atoms with Gasteiger partial charge < -0.3 is 4.90 Å². The number of fused-ring (bicyclic) bond motifs is 1. The van der Waals surface area contributed by atoms with E-state index in [-0.39, 0.29) is 10.8 Å². The fraction of sp³-hybridized carbons (Fsp3) is 0.577. The number of likely N-dealkylation sites (N-methyl/N-ethyl adjacent to an activating group) is 1. The highest BCUT2D eigenvalue weighted by atomic mass is 15.2. The number of unbranched alkanes of at least 4 members (excludes halogenated alkanes) is 1. The molecule has 0 saturated carbocycles. The van der Waals surface area contributed by atoms with E-state index in [2.05, 4.69) is 108 Å². The summed E-state index contributed by atoms with van der Waals surface area (Å²) in [5.74, 6) is 0.672. The second-order valence-electron chi connectivity index (χ2n) is 9.83. The van der Waals surface area contributed by atoms with Crippen LogP contribution in [0.3, 0.4) is 0 Å². The van der Waals surface area contributed by atoms with Gasteiger partial charge in [0, 0.05) is 42.3 Å². The standard InChI is InChI=1S/C26H39N2/c1-9-10-15-21-19(2)25(3,4)23(27(21)7)17-13-18-24-26(5,6)20-14-11-12-16-22(20)28(24)8/h11-14,16-19,21H,9-10,15H2,1-8H3/q+1. The average molecular weight is 380 g/mol. The summed E-state index contributed by atoms with van der Waals surface area (Å²) in [6.07, 6.45) is 10.8. The summed E-state index contributed by atoms with van der Waals surface area (Å²) in [7, 11) is 4.48. The largest absolute Gasteiger partial charge is 0.347 e. The lowest BCUT2D eigenvalue weighted by Gasteiger charge is -2.24. The summed E-state index contributed by atoms with van der Waals surface area (Å²) < 4.78 is 2.55. The molecule has 2 aliphatic rings. The molecule has 2 aliphatic heterocycles. The van der Waals surface area contributed by atoms with Crippen LogP contribution in [0.25, 0.3) is 0 Å². The first-order valence-electron chi connectivity index (χ1n) is 11.0. The van der Waals surface area contributed by atoms with Crippen LogP contribution in [0.4, 0.5) is 5.69 Å². The third kappa shape index (κ3) is 3.25. The Balaban J connectivity index is 1.90. The number of para-hydroxylation sites is 1. The molecule has 0 bridgehead atoms. The van der Waals surface area contributed by atoms with E-state index >= 15 is 0 Å². The van der Waals surface area contributed by atoms with E-state index in [4.69, 9.17) is 0 Å². The van der Waals surface area contributed by atoms with E-state index in [0.29, 0.717) is 12.0 Å². The third-order valence-electron chi connectivity index (χ3n) is 7.56. The molecule has 2 atom stereocenters. The minimum Gasteiger partial charge on any atom is -0.347 e. The van der Waals surface area contributed by atoms with E-state index in [9.17, 15) is 0 Å². The van der Waals surface area contributed by atoms with Crippen molar-refractivity contribution in [2.24, 2.45) is 11.3 Å². The number of hydrogen-bond acceptors (Lipinski definition) is 1. The molecule has 2 nitrogen and oxygen atoms in total. The maximum atomic E-state index is 2.55. The van der Waals surface area contributed by atoms with Gasteiger partial charge in [0.1, 0.15) is 7.05 Å². The molecule has 0 spiro atoms. The number of anilines is 1. The van der Waals surface area contributed by atoms with Crippen LogP contribution in [0.5, 0.6) is 0 Å². The quantitative estimate of drug-likeness (QED) is 0.554. The Morgan fingerprint density at radius 1 is 1.14 bits per heavy atom. The Labute approximate surface area is 172 Å². The Morgan fingerprint density at radius 2 is 1.82 bits per heavy atom. The van der Waals surface area contributed by atoms with Gasteiger partial charge in [0.15, 0.2) is 11.8 Å². The summed E-state index contributed by atoms with van der Waals surface area (Å²) in [6.45, 7) is 14.2. The minimum absolute atomic E-state index is 0.0361. The smallest absolute Gasteiger partial charge is 0.182 e. The summed E-state index contributed by atoms with van der Waals surface area (Å²) in [5.41, 5.74) is 5.81. The molecule has 0 saturated heterocycles. The van der Waals surface area contributed by atoms with E-state index in [1.54, 1.807) is 0 Å². The summed E-state index contributed by atoms with van der Waals surface area (Å²) >= 11 is 0. The van der Waals surface area contributed by atoms with Crippen LogP contribution in [0.15, 0.2) is 48.2 Å². The molecule has 152 valence electrons. The van der Waals surface area contributed by atoms with Gasteiger partial charge in [-0.25, -0.2) is 4.58 Å². The van der Waals surface area contributed by atoms with Crippen LogP contribution in [-0.4, -0.2) is 30.4 Å². The lowest BCUT2D eigenvalue weighted by atomic mass is 9.75. The number of rotatable bonds is 5. The van der Waals surface area contributed by atoms with Crippen molar-refractivity contribution in [1.82, 2.24) is 0 Å². The lowest BCUT2D eigenvalue weighted by Crippen LogP contribution is -2.29. The van der Waals surface area contributed by atoms with Gasteiger partial charge in [0.25, 0.3) is 0 Å². The van der Waals surface area contributed by atoms with Crippen molar-refractivity contribution in [2.75, 3.05) is 19.0 Å².